The van der Waals surface area contributed by atoms with Crippen LogP contribution in [0.3, 0.4) is 0 Å². The minimum Gasteiger partial charge on any atom is -0.455 e. The van der Waals surface area contributed by atoms with Gasteiger partial charge in [0, 0.05) is 20.4 Å². The van der Waals surface area contributed by atoms with Gasteiger partial charge in [-0.2, -0.15) is 9.78 Å². The third-order valence-electron chi connectivity index (χ3n) is 5.49. The summed E-state index contributed by atoms with van der Waals surface area (Å²) >= 11 is 9.57. The molecular formula is C27H15BrClN3O3. The Hall–Kier alpha value is -3.94. The van der Waals surface area contributed by atoms with Gasteiger partial charge in [-0.05, 0) is 60.7 Å². The van der Waals surface area contributed by atoms with E-state index in [-0.39, 0.29) is 5.56 Å². The molecule has 0 aliphatic heterocycles. The van der Waals surface area contributed by atoms with Crippen molar-refractivity contribution in [2.45, 2.75) is 0 Å². The van der Waals surface area contributed by atoms with Gasteiger partial charge < -0.3 is 8.83 Å². The fourth-order valence-corrected chi connectivity index (χ4v) is 4.42. The van der Waals surface area contributed by atoms with E-state index in [1.807, 2.05) is 54.6 Å². The van der Waals surface area contributed by atoms with E-state index in [4.69, 9.17) is 25.4 Å². The standard InChI is InChI=1S/C27H15BrClN3O3/c28-18-8-10-24-17(12-18)14-25(35-24)26-31-22-7-2-1-6-21(22)27(33)32(26)30-15-20-9-11-23(34-20)16-4-3-5-19(29)13-16/h1-15H. The minimum atomic E-state index is -0.315. The fourth-order valence-electron chi connectivity index (χ4n) is 3.85. The van der Waals surface area contributed by atoms with Gasteiger partial charge in [0.05, 0.1) is 17.1 Å². The van der Waals surface area contributed by atoms with Crippen LogP contribution in [0.1, 0.15) is 5.76 Å². The summed E-state index contributed by atoms with van der Waals surface area (Å²) in [6.45, 7) is 0. The van der Waals surface area contributed by atoms with Crippen LogP contribution in [0.2, 0.25) is 5.02 Å². The van der Waals surface area contributed by atoms with Gasteiger partial charge in [0.2, 0.25) is 5.82 Å². The van der Waals surface area contributed by atoms with E-state index in [2.05, 4.69) is 21.0 Å². The lowest BCUT2D eigenvalue weighted by Crippen LogP contribution is -2.20. The molecule has 6 rings (SSSR count). The Morgan fingerprint density at radius 3 is 2.69 bits per heavy atom. The maximum Gasteiger partial charge on any atom is 0.282 e. The summed E-state index contributed by atoms with van der Waals surface area (Å²) in [5, 5.41) is 6.39. The first-order valence-corrected chi connectivity index (χ1v) is 11.8. The number of hydrogen-bond donors (Lipinski definition) is 0. The van der Waals surface area contributed by atoms with Crippen LogP contribution in [0, 0.1) is 0 Å². The van der Waals surface area contributed by atoms with Crippen LogP contribution in [0.15, 0.2) is 108 Å². The molecule has 0 bridgehead atoms. The molecular weight excluding hydrogens is 530 g/mol. The topological polar surface area (TPSA) is 73.5 Å². The number of para-hydroxylation sites is 1. The Morgan fingerprint density at radius 2 is 1.80 bits per heavy atom. The first-order chi connectivity index (χ1) is 17.0. The Labute approximate surface area is 212 Å². The van der Waals surface area contributed by atoms with Crippen molar-refractivity contribution in [3.63, 3.8) is 0 Å². The van der Waals surface area contributed by atoms with Crippen molar-refractivity contribution in [3.05, 3.63) is 111 Å². The Bertz CT molecular complexity index is 1820. The lowest BCUT2D eigenvalue weighted by Gasteiger charge is -2.06. The molecule has 0 aliphatic rings. The van der Waals surface area contributed by atoms with Gasteiger partial charge in [-0.15, -0.1) is 0 Å². The van der Waals surface area contributed by atoms with Gasteiger partial charge in [-0.25, -0.2) is 4.98 Å². The average Bonchev–Trinajstić information content (AvgIpc) is 3.50. The third kappa shape index (κ3) is 4.09. The van der Waals surface area contributed by atoms with E-state index in [9.17, 15) is 4.79 Å². The second-order valence-corrected chi connectivity index (χ2v) is 9.17. The van der Waals surface area contributed by atoms with E-state index in [1.165, 1.54) is 10.9 Å². The number of aromatic nitrogens is 2. The zero-order valence-electron chi connectivity index (χ0n) is 18.0. The number of benzene rings is 3. The molecule has 8 heteroatoms. The summed E-state index contributed by atoms with van der Waals surface area (Å²) in [5.41, 5.74) is 1.76. The lowest BCUT2D eigenvalue weighted by molar-refractivity contribution is 0.573. The van der Waals surface area contributed by atoms with Gasteiger partial charge in [0.25, 0.3) is 5.56 Å². The van der Waals surface area contributed by atoms with Crippen molar-refractivity contribution in [1.82, 2.24) is 9.66 Å². The zero-order valence-corrected chi connectivity index (χ0v) is 20.3. The molecule has 0 saturated heterocycles. The molecule has 3 heterocycles. The second kappa shape index (κ2) is 8.69. The number of halogens is 2. The van der Waals surface area contributed by atoms with Crippen LogP contribution in [-0.4, -0.2) is 15.9 Å². The van der Waals surface area contributed by atoms with Crippen LogP contribution in [0.25, 0.3) is 44.8 Å². The lowest BCUT2D eigenvalue weighted by atomic mass is 10.2. The summed E-state index contributed by atoms with van der Waals surface area (Å²) in [6.07, 6.45) is 1.48. The molecule has 3 aromatic carbocycles. The van der Waals surface area contributed by atoms with E-state index in [1.54, 1.807) is 30.3 Å². The van der Waals surface area contributed by atoms with Gasteiger partial charge >= 0.3 is 0 Å². The highest BCUT2D eigenvalue weighted by molar-refractivity contribution is 9.10. The highest BCUT2D eigenvalue weighted by Crippen LogP contribution is 2.29. The molecule has 0 fully saturated rings. The van der Waals surface area contributed by atoms with Crippen molar-refractivity contribution >= 4 is 55.6 Å². The maximum atomic E-state index is 13.4. The van der Waals surface area contributed by atoms with E-state index < -0.39 is 0 Å². The molecule has 0 spiro atoms. The SMILES string of the molecule is O=c1c2ccccc2nc(-c2cc3cc(Br)ccc3o2)n1N=Cc1ccc(-c2cccc(Cl)c2)o1. The Kier molecular flexibility index (Phi) is 5.36. The highest BCUT2D eigenvalue weighted by Gasteiger charge is 2.17. The molecule has 6 aromatic rings. The molecule has 170 valence electrons. The van der Waals surface area contributed by atoms with Crippen LogP contribution in [0.5, 0.6) is 0 Å². The molecule has 6 nitrogen and oxygen atoms in total. The molecule has 0 radical (unpaired) electrons. The fraction of sp³-hybridized carbons (Fsp3) is 0. The van der Waals surface area contributed by atoms with Gasteiger partial charge in [0.15, 0.2) is 5.76 Å². The summed E-state index contributed by atoms with van der Waals surface area (Å²) in [4.78, 5) is 18.1. The van der Waals surface area contributed by atoms with Gasteiger partial charge in [-0.1, -0.05) is 51.8 Å². The van der Waals surface area contributed by atoms with E-state index in [0.29, 0.717) is 44.6 Å². The summed E-state index contributed by atoms with van der Waals surface area (Å²) in [6, 6.07) is 25.6. The number of rotatable bonds is 4. The van der Waals surface area contributed by atoms with Crippen LogP contribution in [-0.2, 0) is 0 Å². The van der Waals surface area contributed by atoms with E-state index in [0.717, 1.165) is 15.4 Å². The smallest absolute Gasteiger partial charge is 0.282 e. The van der Waals surface area contributed by atoms with Crippen molar-refractivity contribution < 1.29 is 8.83 Å². The molecule has 0 N–H and O–H groups in total. The van der Waals surface area contributed by atoms with Crippen molar-refractivity contribution in [2.75, 3.05) is 0 Å². The quantitative estimate of drug-likeness (QED) is 0.217. The summed E-state index contributed by atoms with van der Waals surface area (Å²) < 4.78 is 14.1. The summed E-state index contributed by atoms with van der Waals surface area (Å²) in [7, 11) is 0. The number of nitrogens with zero attached hydrogens (tertiary/aromatic N) is 3. The normalized spacial score (nSPS) is 11.7. The van der Waals surface area contributed by atoms with Crippen molar-refractivity contribution in [3.8, 4) is 22.9 Å². The number of fused-ring (bicyclic) bond motifs is 2. The monoisotopic (exact) mass is 543 g/mol. The van der Waals surface area contributed by atoms with Crippen molar-refractivity contribution in [2.24, 2.45) is 5.10 Å². The molecule has 0 amide bonds. The van der Waals surface area contributed by atoms with Crippen LogP contribution in [0.4, 0.5) is 0 Å². The maximum absolute atomic E-state index is 13.4. The minimum absolute atomic E-state index is 0.291. The van der Waals surface area contributed by atoms with Crippen LogP contribution < -0.4 is 5.56 Å². The van der Waals surface area contributed by atoms with Gasteiger partial charge in [-0.3, -0.25) is 4.79 Å². The molecule has 0 atom stereocenters. The predicted octanol–water partition coefficient (Wildman–Crippen LogP) is 7.37. The third-order valence-corrected chi connectivity index (χ3v) is 6.22. The number of hydrogen-bond acceptors (Lipinski definition) is 5. The second-order valence-electron chi connectivity index (χ2n) is 7.82. The van der Waals surface area contributed by atoms with E-state index >= 15 is 0 Å². The van der Waals surface area contributed by atoms with Gasteiger partial charge in [0.1, 0.15) is 17.1 Å². The molecule has 3 aromatic heterocycles. The zero-order chi connectivity index (χ0) is 23.9. The molecule has 35 heavy (non-hydrogen) atoms. The predicted molar refractivity (Wildman–Crippen MR) is 141 cm³/mol. The van der Waals surface area contributed by atoms with Crippen LogP contribution >= 0.6 is 27.5 Å². The number of furan rings is 2. The first-order valence-electron chi connectivity index (χ1n) is 10.7. The molecule has 0 aliphatic carbocycles. The largest absolute Gasteiger partial charge is 0.455 e. The average molecular weight is 545 g/mol. The summed E-state index contributed by atoms with van der Waals surface area (Å²) in [5.74, 6) is 1.83. The highest BCUT2D eigenvalue weighted by atomic mass is 79.9. The Morgan fingerprint density at radius 1 is 0.914 bits per heavy atom. The Balaban J connectivity index is 1.47. The molecule has 0 unspecified atom stereocenters. The molecule has 0 saturated carbocycles. The van der Waals surface area contributed by atoms with Crippen molar-refractivity contribution in [1.29, 1.82) is 0 Å². The first kappa shape index (κ1) is 21.6.